The molecule has 1 aromatic rings. The number of nitrogens with zero attached hydrogens (tertiary/aromatic N) is 1. The van der Waals surface area contributed by atoms with Gasteiger partial charge in [0.25, 0.3) is 0 Å². The molecule has 1 aliphatic rings. The maximum Gasteiger partial charge on any atom is 0.224 e. The summed E-state index contributed by atoms with van der Waals surface area (Å²) in [5, 5.41) is 12.0. The first-order valence-electron chi connectivity index (χ1n) is 6.80. The van der Waals surface area contributed by atoms with Crippen LogP contribution in [-0.2, 0) is 9.53 Å². The van der Waals surface area contributed by atoms with E-state index in [0.29, 0.717) is 22.7 Å². The van der Waals surface area contributed by atoms with Gasteiger partial charge in [0, 0.05) is 13.0 Å². The van der Waals surface area contributed by atoms with Gasteiger partial charge < -0.3 is 10.1 Å². The van der Waals surface area contributed by atoms with E-state index in [1.807, 2.05) is 6.07 Å². The molecule has 0 saturated carbocycles. The molecule has 1 unspecified atom stereocenters. The van der Waals surface area contributed by atoms with Crippen LogP contribution in [0.4, 0.5) is 5.69 Å². The highest BCUT2D eigenvalue weighted by Crippen LogP contribution is 2.23. The highest BCUT2D eigenvalue weighted by atomic mass is 35.5. The second-order valence-electron chi connectivity index (χ2n) is 4.88. The zero-order valence-electron chi connectivity index (χ0n) is 11.2. The van der Waals surface area contributed by atoms with Crippen LogP contribution in [0.15, 0.2) is 18.2 Å². The SMILES string of the molecule is N#Cc1ccc(Cl)c(NC(=O)CCC2CCCCO2)c1. The van der Waals surface area contributed by atoms with Crippen molar-refractivity contribution in [1.29, 1.82) is 5.26 Å². The van der Waals surface area contributed by atoms with Gasteiger partial charge in [-0.15, -0.1) is 0 Å². The number of ether oxygens (including phenoxy) is 1. The molecule has 1 aromatic carbocycles. The summed E-state index contributed by atoms with van der Waals surface area (Å²) in [4.78, 5) is 11.9. The minimum absolute atomic E-state index is 0.101. The Hall–Kier alpha value is -1.57. The zero-order chi connectivity index (χ0) is 14.4. The van der Waals surface area contributed by atoms with E-state index >= 15 is 0 Å². The number of anilines is 1. The second kappa shape index (κ2) is 7.28. The maximum atomic E-state index is 11.9. The van der Waals surface area contributed by atoms with Gasteiger partial charge in [-0.2, -0.15) is 5.26 Å². The number of amides is 1. The van der Waals surface area contributed by atoms with Crippen LogP contribution in [0.3, 0.4) is 0 Å². The van der Waals surface area contributed by atoms with Gasteiger partial charge in [0.1, 0.15) is 0 Å². The van der Waals surface area contributed by atoms with Crippen molar-refractivity contribution in [2.75, 3.05) is 11.9 Å². The third kappa shape index (κ3) is 4.22. The molecule has 0 spiro atoms. The topological polar surface area (TPSA) is 62.1 Å². The van der Waals surface area contributed by atoms with E-state index in [4.69, 9.17) is 21.6 Å². The lowest BCUT2D eigenvalue weighted by molar-refractivity contribution is -0.117. The Morgan fingerprint density at radius 2 is 2.35 bits per heavy atom. The first-order chi connectivity index (χ1) is 9.69. The first kappa shape index (κ1) is 14.8. The van der Waals surface area contributed by atoms with Crippen LogP contribution in [0, 0.1) is 11.3 Å². The molecule has 20 heavy (non-hydrogen) atoms. The summed E-state index contributed by atoms with van der Waals surface area (Å²) < 4.78 is 5.59. The molecule has 1 N–H and O–H groups in total. The van der Waals surface area contributed by atoms with E-state index in [1.54, 1.807) is 18.2 Å². The minimum Gasteiger partial charge on any atom is -0.378 e. The molecule has 106 valence electrons. The van der Waals surface area contributed by atoms with E-state index in [2.05, 4.69) is 5.32 Å². The van der Waals surface area contributed by atoms with E-state index < -0.39 is 0 Å². The number of nitrogens with one attached hydrogen (secondary N) is 1. The van der Waals surface area contributed by atoms with Gasteiger partial charge in [-0.25, -0.2) is 0 Å². The molecule has 1 heterocycles. The predicted molar refractivity (Wildman–Crippen MR) is 77.6 cm³/mol. The summed E-state index contributed by atoms with van der Waals surface area (Å²) in [6, 6.07) is 6.83. The summed E-state index contributed by atoms with van der Waals surface area (Å²) in [6.45, 7) is 0.794. The summed E-state index contributed by atoms with van der Waals surface area (Å²) in [7, 11) is 0. The standard InChI is InChI=1S/C15H17ClN2O2/c16-13-6-4-11(10-17)9-14(13)18-15(19)7-5-12-3-1-2-8-20-12/h4,6,9,12H,1-3,5,7-8H2,(H,18,19). The molecule has 2 rings (SSSR count). The number of carbonyl (C=O) groups excluding carboxylic acids is 1. The van der Waals surface area contributed by atoms with Crippen molar-refractivity contribution in [3.8, 4) is 6.07 Å². The molecule has 1 saturated heterocycles. The van der Waals surface area contributed by atoms with Crippen molar-refractivity contribution in [1.82, 2.24) is 0 Å². The van der Waals surface area contributed by atoms with Crippen molar-refractivity contribution < 1.29 is 9.53 Å². The molecule has 4 nitrogen and oxygen atoms in total. The summed E-state index contributed by atoms with van der Waals surface area (Å²) in [5.74, 6) is -0.101. The van der Waals surface area contributed by atoms with E-state index in [1.165, 1.54) is 6.42 Å². The first-order valence-corrected chi connectivity index (χ1v) is 7.18. The molecular weight excluding hydrogens is 276 g/mol. The number of benzene rings is 1. The Balaban J connectivity index is 1.86. The van der Waals surface area contributed by atoms with Gasteiger partial charge in [0.15, 0.2) is 0 Å². The normalized spacial score (nSPS) is 18.3. The molecular formula is C15H17ClN2O2. The van der Waals surface area contributed by atoms with E-state index in [9.17, 15) is 4.79 Å². The summed E-state index contributed by atoms with van der Waals surface area (Å²) in [6.07, 6.45) is 4.62. The fourth-order valence-electron chi connectivity index (χ4n) is 2.23. The number of rotatable bonds is 4. The lowest BCUT2D eigenvalue weighted by atomic mass is 10.0. The monoisotopic (exact) mass is 292 g/mol. The number of hydrogen-bond acceptors (Lipinski definition) is 3. The average Bonchev–Trinajstić information content (AvgIpc) is 2.48. The summed E-state index contributed by atoms with van der Waals surface area (Å²) >= 11 is 6.00. The predicted octanol–water partition coefficient (Wildman–Crippen LogP) is 3.50. The second-order valence-corrected chi connectivity index (χ2v) is 5.29. The third-order valence-electron chi connectivity index (χ3n) is 3.34. The fraction of sp³-hybridized carbons (Fsp3) is 0.467. The Morgan fingerprint density at radius 3 is 3.05 bits per heavy atom. The molecule has 1 atom stereocenters. The Morgan fingerprint density at radius 1 is 1.50 bits per heavy atom. The Kier molecular flexibility index (Phi) is 5.40. The Bertz CT molecular complexity index is 519. The van der Waals surface area contributed by atoms with Crippen molar-refractivity contribution in [3.05, 3.63) is 28.8 Å². The molecule has 1 fully saturated rings. The maximum absolute atomic E-state index is 11.9. The highest BCUT2D eigenvalue weighted by molar-refractivity contribution is 6.33. The lowest BCUT2D eigenvalue weighted by Crippen LogP contribution is -2.21. The van der Waals surface area contributed by atoms with Crippen LogP contribution in [-0.4, -0.2) is 18.6 Å². The van der Waals surface area contributed by atoms with Gasteiger partial charge in [-0.3, -0.25) is 4.79 Å². The molecule has 1 aliphatic heterocycles. The average molecular weight is 293 g/mol. The van der Waals surface area contributed by atoms with Crippen LogP contribution >= 0.6 is 11.6 Å². The molecule has 1 amide bonds. The van der Waals surface area contributed by atoms with Crippen LogP contribution in [0.5, 0.6) is 0 Å². The third-order valence-corrected chi connectivity index (χ3v) is 3.67. The van der Waals surface area contributed by atoms with Gasteiger partial charge in [0.2, 0.25) is 5.91 Å². The van der Waals surface area contributed by atoms with E-state index in [0.717, 1.165) is 25.9 Å². The molecule has 0 bridgehead atoms. The van der Waals surface area contributed by atoms with Gasteiger partial charge in [0.05, 0.1) is 28.4 Å². The van der Waals surface area contributed by atoms with Crippen molar-refractivity contribution in [3.63, 3.8) is 0 Å². The van der Waals surface area contributed by atoms with Crippen molar-refractivity contribution in [2.45, 2.75) is 38.2 Å². The fourth-order valence-corrected chi connectivity index (χ4v) is 2.40. The molecule has 0 radical (unpaired) electrons. The van der Waals surface area contributed by atoms with Crippen molar-refractivity contribution in [2.24, 2.45) is 0 Å². The summed E-state index contributed by atoms with van der Waals surface area (Å²) in [5.41, 5.74) is 0.959. The minimum atomic E-state index is -0.101. The molecule has 0 aliphatic carbocycles. The van der Waals surface area contributed by atoms with Gasteiger partial charge in [-0.05, 0) is 43.9 Å². The number of nitriles is 1. The zero-order valence-corrected chi connectivity index (χ0v) is 11.9. The van der Waals surface area contributed by atoms with Crippen LogP contribution in [0.1, 0.15) is 37.7 Å². The smallest absolute Gasteiger partial charge is 0.224 e. The highest BCUT2D eigenvalue weighted by Gasteiger charge is 2.15. The number of halogens is 1. The number of carbonyl (C=O) groups is 1. The molecule has 5 heteroatoms. The van der Waals surface area contributed by atoms with Gasteiger partial charge >= 0.3 is 0 Å². The van der Waals surface area contributed by atoms with Crippen molar-refractivity contribution >= 4 is 23.2 Å². The van der Waals surface area contributed by atoms with Crippen LogP contribution in [0.25, 0.3) is 0 Å². The van der Waals surface area contributed by atoms with Gasteiger partial charge in [-0.1, -0.05) is 11.6 Å². The number of hydrogen-bond donors (Lipinski definition) is 1. The quantitative estimate of drug-likeness (QED) is 0.924. The van der Waals surface area contributed by atoms with Crippen LogP contribution < -0.4 is 5.32 Å². The van der Waals surface area contributed by atoms with Crippen LogP contribution in [0.2, 0.25) is 5.02 Å². The van der Waals surface area contributed by atoms with E-state index in [-0.39, 0.29) is 12.0 Å². The lowest BCUT2D eigenvalue weighted by Gasteiger charge is -2.22. The molecule has 0 aromatic heterocycles. The largest absolute Gasteiger partial charge is 0.378 e. The Labute approximate surface area is 123 Å².